The van der Waals surface area contributed by atoms with Gasteiger partial charge in [-0.2, -0.15) is 0 Å². The molecule has 23 heavy (non-hydrogen) atoms. The summed E-state index contributed by atoms with van der Waals surface area (Å²) in [5, 5.41) is 3.64. The SMILES string of the molecule is O=C(COCc1ccccc1Cl)N[C@@H]1CCOc2ccccc21. The van der Waals surface area contributed by atoms with E-state index in [0.717, 1.165) is 23.3 Å². The van der Waals surface area contributed by atoms with Crippen LogP contribution in [0.4, 0.5) is 0 Å². The molecule has 0 saturated carbocycles. The fraction of sp³-hybridized carbons (Fsp3) is 0.278. The lowest BCUT2D eigenvalue weighted by Crippen LogP contribution is -2.34. The normalized spacial score (nSPS) is 16.3. The Morgan fingerprint density at radius 2 is 2.00 bits per heavy atom. The lowest BCUT2D eigenvalue weighted by atomic mass is 10.0. The minimum absolute atomic E-state index is 0.00471. The minimum atomic E-state index is -0.140. The molecule has 0 aromatic heterocycles. The zero-order valence-corrected chi connectivity index (χ0v) is 13.4. The molecule has 0 spiro atoms. The van der Waals surface area contributed by atoms with Gasteiger partial charge in [0.15, 0.2) is 0 Å². The van der Waals surface area contributed by atoms with Crippen LogP contribution in [0.3, 0.4) is 0 Å². The fourth-order valence-corrected chi connectivity index (χ4v) is 2.79. The summed E-state index contributed by atoms with van der Waals surface area (Å²) in [7, 11) is 0. The molecule has 1 aliphatic heterocycles. The Kier molecular flexibility index (Phi) is 5.16. The highest BCUT2D eigenvalue weighted by Gasteiger charge is 2.22. The van der Waals surface area contributed by atoms with E-state index < -0.39 is 0 Å². The van der Waals surface area contributed by atoms with Crippen molar-refractivity contribution in [2.75, 3.05) is 13.2 Å². The maximum atomic E-state index is 12.1. The van der Waals surface area contributed by atoms with Crippen molar-refractivity contribution in [2.45, 2.75) is 19.1 Å². The van der Waals surface area contributed by atoms with Crippen LogP contribution in [0.1, 0.15) is 23.6 Å². The van der Waals surface area contributed by atoms with Gasteiger partial charge in [0, 0.05) is 17.0 Å². The number of carbonyl (C=O) groups is 1. The van der Waals surface area contributed by atoms with Gasteiger partial charge in [-0.05, 0) is 17.7 Å². The van der Waals surface area contributed by atoms with Gasteiger partial charge in [-0.3, -0.25) is 4.79 Å². The second-order valence-corrected chi connectivity index (χ2v) is 5.79. The third-order valence-corrected chi connectivity index (χ3v) is 4.11. The molecule has 1 heterocycles. The summed E-state index contributed by atoms with van der Waals surface area (Å²) in [5.74, 6) is 0.694. The van der Waals surface area contributed by atoms with Crippen molar-refractivity contribution >= 4 is 17.5 Å². The molecule has 0 bridgehead atoms. The molecule has 4 nitrogen and oxygen atoms in total. The predicted molar refractivity (Wildman–Crippen MR) is 88.5 cm³/mol. The summed E-state index contributed by atoms with van der Waals surface area (Å²) in [6.07, 6.45) is 0.757. The largest absolute Gasteiger partial charge is 0.493 e. The van der Waals surface area contributed by atoms with Crippen molar-refractivity contribution in [3.05, 3.63) is 64.7 Å². The van der Waals surface area contributed by atoms with Crippen LogP contribution in [0.5, 0.6) is 5.75 Å². The number of ether oxygens (including phenoxy) is 2. The van der Waals surface area contributed by atoms with Gasteiger partial charge in [0.25, 0.3) is 0 Å². The van der Waals surface area contributed by atoms with Gasteiger partial charge in [0.1, 0.15) is 12.4 Å². The van der Waals surface area contributed by atoms with Crippen LogP contribution in [0, 0.1) is 0 Å². The second-order valence-electron chi connectivity index (χ2n) is 5.38. The summed E-state index contributed by atoms with van der Waals surface area (Å²) in [4.78, 5) is 12.1. The molecule has 5 heteroatoms. The number of hydrogen-bond acceptors (Lipinski definition) is 3. The lowest BCUT2D eigenvalue weighted by Gasteiger charge is -2.26. The maximum Gasteiger partial charge on any atom is 0.246 e. The molecule has 2 aromatic carbocycles. The highest BCUT2D eigenvalue weighted by molar-refractivity contribution is 6.31. The second kappa shape index (κ2) is 7.49. The highest BCUT2D eigenvalue weighted by atomic mass is 35.5. The van der Waals surface area contributed by atoms with Crippen molar-refractivity contribution in [1.29, 1.82) is 0 Å². The van der Waals surface area contributed by atoms with Crippen LogP contribution in [0.25, 0.3) is 0 Å². The molecule has 0 radical (unpaired) electrons. The monoisotopic (exact) mass is 331 g/mol. The summed E-state index contributed by atoms with van der Waals surface area (Å²) in [6, 6.07) is 15.2. The molecular formula is C18H18ClNO3. The van der Waals surface area contributed by atoms with Crippen molar-refractivity contribution in [1.82, 2.24) is 5.32 Å². The zero-order chi connectivity index (χ0) is 16.1. The average Bonchev–Trinajstić information content (AvgIpc) is 2.57. The van der Waals surface area contributed by atoms with Crippen molar-refractivity contribution < 1.29 is 14.3 Å². The summed E-state index contributed by atoms with van der Waals surface area (Å²) in [5.41, 5.74) is 1.89. The van der Waals surface area contributed by atoms with E-state index in [9.17, 15) is 4.79 Å². The summed E-state index contributed by atoms with van der Waals surface area (Å²) >= 11 is 6.06. The molecular weight excluding hydrogens is 314 g/mol. The molecule has 1 atom stereocenters. The fourth-order valence-electron chi connectivity index (χ4n) is 2.60. The van der Waals surface area contributed by atoms with Gasteiger partial charge in [0.2, 0.25) is 5.91 Å². The van der Waals surface area contributed by atoms with Crippen molar-refractivity contribution in [3.63, 3.8) is 0 Å². The zero-order valence-electron chi connectivity index (χ0n) is 12.6. The molecule has 1 amide bonds. The topological polar surface area (TPSA) is 47.6 Å². The summed E-state index contributed by atoms with van der Waals surface area (Å²) in [6.45, 7) is 0.921. The minimum Gasteiger partial charge on any atom is -0.493 e. The third kappa shape index (κ3) is 4.03. The molecule has 120 valence electrons. The first-order valence-corrected chi connectivity index (χ1v) is 7.94. The molecule has 0 fully saturated rings. The predicted octanol–water partition coefficient (Wildman–Crippen LogP) is 3.50. The van der Waals surface area contributed by atoms with Gasteiger partial charge >= 0.3 is 0 Å². The van der Waals surface area contributed by atoms with E-state index in [4.69, 9.17) is 21.1 Å². The number of rotatable bonds is 5. The Hall–Kier alpha value is -2.04. The quantitative estimate of drug-likeness (QED) is 0.912. The van der Waals surface area contributed by atoms with E-state index in [2.05, 4.69) is 5.32 Å². The molecule has 3 rings (SSSR count). The Morgan fingerprint density at radius 1 is 1.22 bits per heavy atom. The first-order valence-electron chi connectivity index (χ1n) is 7.56. The number of amides is 1. The summed E-state index contributed by atoms with van der Waals surface area (Å²) < 4.78 is 11.1. The number of nitrogens with one attached hydrogen (secondary N) is 1. The lowest BCUT2D eigenvalue weighted by molar-refractivity contribution is -0.127. The van der Waals surface area contributed by atoms with Crippen LogP contribution in [-0.2, 0) is 16.1 Å². The third-order valence-electron chi connectivity index (χ3n) is 3.74. The van der Waals surface area contributed by atoms with E-state index in [1.807, 2.05) is 42.5 Å². The maximum absolute atomic E-state index is 12.1. The molecule has 2 aromatic rings. The van der Waals surface area contributed by atoms with Crippen LogP contribution < -0.4 is 10.1 Å². The highest BCUT2D eigenvalue weighted by Crippen LogP contribution is 2.31. The van der Waals surface area contributed by atoms with Gasteiger partial charge < -0.3 is 14.8 Å². The molecule has 1 N–H and O–H groups in total. The molecule has 0 saturated heterocycles. The van der Waals surface area contributed by atoms with E-state index in [0.29, 0.717) is 18.2 Å². The first-order chi connectivity index (χ1) is 11.2. The van der Waals surface area contributed by atoms with Crippen LogP contribution in [0.2, 0.25) is 5.02 Å². The van der Waals surface area contributed by atoms with E-state index in [-0.39, 0.29) is 18.6 Å². The van der Waals surface area contributed by atoms with E-state index >= 15 is 0 Å². The molecule has 0 unspecified atom stereocenters. The van der Waals surface area contributed by atoms with E-state index in [1.54, 1.807) is 6.07 Å². The number of carbonyl (C=O) groups excluding carboxylic acids is 1. The van der Waals surface area contributed by atoms with Gasteiger partial charge in [-0.25, -0.2) is 0 Å². The average molecular weight is 332 g/mol. The Bertz CT molecular complexity index is 689. The van der Waals surface area contributed by atoms with Gasteiger partial charge in [-0.15, -0.1) is 0 Å². The van der Waals surface area contributed by atoms with Gasteiger partial charge in [-0.1, -0.05) is 48.0 Å². The first kappa shape index (κ1) is 15.8. The Balaban J connectivity index is 1.52. The number of para-hydroxylation sites is 1. The molecule has 1 aliphatic rings. The van der Waals surface area contributed by atoms with Crippen LogP contribution in [-0.4, -0.2) is 19.1 Å². The smallest absolute Gasteiger partial charge is 0.246 e. The number of hydrogen-bond donors (Lipinski definition) is 1. The van der Waals surface area contributed by atoms with Gasteiger partial charge in [0.05, 0.1) is 19.3 Å². The molecule has 0 aliphatic carbocycles. The number of benzene rings is 2. The van der Waals surface area contributed by atoms with Crippen molar-refractivity contribution in [3.8, 4) is 5.75 Å². The number of halogens is 1. The van der Waals surface area contributed by atoms with Crippen LogP contribution >= 0.6 is 11.6 Å². The number of fused-ring (bicyclic) bond motifs is 1. The Morgan fingerprint density at radius 3 is 2.87 bits per heavy atom. The van der Waals surface area contributed by atoms with E-state index in [1.165, 1.54) is 0 Å². The Labute approximate surface area is 140 Å². The standard InChI is InChI=1S/C18H18ClNO3/c19-15-7-3-1-5-13(15)11-22-12-18(21)20-16-9-10-23-17-8-4-2-6-14(16)17/h1-8,16H,9-12H2,(H,20,21)/t16-/m1/s1. The van der Waals surface area contributed by atoms with Crippen molar-refractivity contribution in [2.24, 2.45) is 0 Å². The van der Waals surface area contributed by atoms with Crippen LogP contribution in [0.15, 0.2) is 48.5 Å².